The number of benzene rings is 1. The van der Waals surface area contributed by atoms with Gasteiger partial charge in [-0.25, -0.2) is 0 Å². The number of hydrogen-bond acceptors (Lipinski definition) is 3. The zero-order valence-electron chi connectivity index (χ0n) is 10.1. The summed E-state index contributed by atoms with van der Waals surface area (Å²) in [6.07, 6.45) is 4.85. The van der Waals surface area contributed by atoms with Crippen molar-refractivity contribution in [2.45, 2.75) is 37.0 Å². The summed E-state index contributed by atoms with van der Waals surface area (Å²) in [7, 11) is 0. The quantitative estimate of drug-likeness (QED) is 0.783. The maximum Gasteiger partial charge on any atom is 0.249 e. The Bertz CT molecular complexity index is 506. The van der Waals surface area contributed by atoms with Crippen LogP contribution in [0.4, 0.5) is 0 Å². The molecule has 3 rings (SSSR count). The van der Waals surface area contributed by atoms with Crippen LogP contribution in [0.15, 0.2) is 34.9 Å². The molecule has 1 saturated carbocycles. The van der Waals surface area contributed by atoms with Gasteiger partial charge in [-0.15, -0.1) is 11.6 Å². The molecule has 94 valence electrons. The largest absolute Gasteiger partial charge is 0.337 e. The van der Waals surface area contributed by atoms with E-state index in [4.69, 9.17) is 16.1 Å². The number of nitrogens with zero attached hydrogens (tertiary/aromatic N) is 2. The van der Waals surface area contributed by atoms with Gasteiger partial charge >= 0.3 is 0 Å². The molecule has 0 saturated heterocycles. The zero-order valence-corrected chi connectivity index (χ0v) is 10.8. The van der Waals surface area contributed by atoms with Gasteiger partial charge in [0.2, 0.25) is 5.89 Å². The molecular weight excluding hydrogens is 248 g/mol. The third kappa shape index (κ3) is 2.27. The van der Waals surface area contributed by atoms with Crippen LogP contribution in [0.2, 0.25) is 0 Å². The van der Waals surface area contributed by atoms with Crippen molar-refractivity contribution in [3.05, 3.63) is 47.6 Å². The van der Waals surface area contributed by atoms with Gasteiger partial charge in [-0.1, -0.05) is 48.3 Å². The highest BCUT2D eigenvalue weighted by Crippen LogP contribution is 2.34. The first-order chi connectivity index (χ1) is 8.84. The van der Waals surface area contributed by atoms with Gasteiger partial charge < -0.3 is 4.52 Å². The van der Waals surface area contributed by atoms with Gasteiger partial charge in [-0.05, 0) is 18.4 Å². The summed E-state index contributed by atoms with van der Waals surface area (Å²) in [4.78, 5) is 4.46. The summed E-state index contributed by atoms with van der Waals surface area (Å²) in [5.74, 6) is 1.79. The van der Waals surface area contributed by atoms with Gasteiger partial charge in [0.05, 0.1) is 0 Å². The van der Waals surface area contributed by atoms with Crippen LogP contribution >= 0.6 is 11.6 Å². The predicted molar refractivity (Wildman–Crippen MR) is 69.6 cm³/mol. The molecule has 0 aliphatic heterocycles. The fourth-order valence-electron chi connectivity index (χ4n) is 2.46. The molecule has 3 nitrogen and oxygen atoms in total. The first-order valence-corrected chi connectivity index (χ1v) is 6.81. The van der Waals surface area contributed by atoms with Crippen LogP contribution in [-0.4, -0.2) is 10.1 Å². The summed E-state index contributed by atoms with van der Waals surface area (Å²) >= 11 is 6.36. The molecule has 1 heterocycles. The monoisotopic (exact) mass is 262 g/mol. The molecule has 4 heteroatoms. The normalized spacial score (nSPS) is 18.1. The number of hydrogen-bond donors (Lipinski definition) is 0. The van der Waals surface area contributed by atoms with E-state index < -0.39 is 0 Å². The molecule has 1 aliphatic carbocycles. The molecule has 1 aromatic heterocycles. The molecule has 1 aromatic carbocycles. The van der Waals surface area contributed by atoms with Crippen LogP contribution in [0.5, 0.6) is 0 Å². The SMILES string of the molecule is ClC(c1ccccc1)c1nc(C2CCCC2)no1. The molecule has 0 amide bonds. The molecule has 1 fully saturated rings. The number of aromatic nitrogens is 2. The van der Waals surface area contributed by atoms with E-state index in [2.05, 4.69) is 10.1 Å². The maximum absolute atomic E-state index is 6.36. The summed E-state index contributed by atoms with van der Waals surface area (Å²) in [5, 5.41) is 3.72. The minimum absolute atomic E-state index is 0.353. The topological polar surface area (TPSA) is 38.9 Å². The maximum atomic E-state index is 6.36. The first kappa shape index (κ1) is 11.7. The second-order valence-electron chi connectivity index (χ2n) is 4.75. The average molecular weight is 263 g/mol. The van der Waals surface area contributed by atoms with E-state index in [0.29, 0.717) is 11.8 Å². The standard InChI is InChI=1S/C14H15ClN2O/c15-12(10-6-2-1-3-7-10)14-16-13(17-18-14)11-8-4-5-9-11/h1-3,6-7,11-12H,4-5,8-9H2. The summed E-state index contributed by atoms with van der Waals surface area (Å²) in [5.41, 5.74) is 0.987. The fourth-order valence-corrected chi connectivity index (χ4v) is 2.70. The predicted octanol–water partition coefficient (Wildman–Crippen LogP) is 4.06. The van der Waals surface area contributed by atoms with Crippen molar-refractivity contribution < 1.29 is 4.52 Å². The number of rotatable bonds is 3. The smallest absolute Gasteiger partial charge is 0.249 e. The second-order valence-corrected chi connectivity index (χ2v) is 5.18. The Hall–Kier alpha value is -1.35. The van der Waals surface area contributed by atoms with E-state index in [-0.39, 0.29) is 5.38 Å². The van der Waals surface area contributed by atoms with Crippen LogP contribution in [0.3, 0.4) is 0 Å². The molecule has 1 atom stereocenters. The van der Waals surface area contributed by atoms with Crippen molar-refractivity contribution in [2.24, 2.45) is 0 Å². The Morgan fingerprint density at radius 1 is 1.17 bits per heavy atom. The van der Waals surface area contributed by atoms with Gasteiger partial charge in [0, 0.05) is 5.92 Å². The van der Waals surface area contributed by atoms with Gasteiger partial charge in [0.1, 0.15) is 5.38 Å². The Kier molecular flexibility index (Phi) is 3.33. The van der Waals surface area contributed by atoms with Gasteiger partial charge in [-0.2, -0.15) is 4.98 Å². The van der Waals surface area contributed by atoms with Crippen LogP contribution in [-0.2, 0) is 0 Å². The van der Waals surface area contributed by atoms with E-state index in [1.807, 2.05) is 30.3 Å². The van der Waals surface area contributed by atoms with Crippen molar-refractivity contribution in [3.63, 3.8) is 0 Å². The van der Waals surface area contributed by atoms with E-state index in [9.17, 15) is 0 Å². The van der Waals surface area contributed by atoms with Crippen molar-refractivity contribution in [2.75, 3.05) is 0 Å². The Morgan fingerprint density at radius 2 is 1.89 bits per heavy atom. The molecule has 1 aliphatic rings. The van der Waals surface area contributed by atoms with Crippen molar-refractivity contribution >= 4 is 11.6 Å². The fraction of sp³-hybridized carbons (Fsp3) is 0.429. The van der Waals surface area contributed by atoms with E-state index >= 15 is 0 Å². The molecule has 2 aromatic rings. The minimum atomic E-state index is -0.353. The molecule has 0 N–H and O–H groups in total. The Labute approximate surface area is 111 Å². The lowest BCUT2D eigenvalue weighted by Crippen LogP contribution is -1.97. The number of halogens is 1. The second kappa shape index (κ2) is 5.11. The molecule has 18 heavy (non-hydrogen) atoms. The lowest BCUT2D eigenvalue weighted by Gasteiger charge is -2.03. The average Bonchev–Trinajstić information content (AvgIpc) is 3.09. The minimum Gasteiger partial charge on any atom is -0.337 e. The first-order valence-electron chi connectivity index (χ1n) is 6.37. The van der Waals surface area contributed by atoms with Gasteiger partial charge in [0.15, 0.2) is 5.82 Å². The van der Waals surface area contributed by atoms with Crippen LogP contribution < -0.4 is 0 Å². The Morgan fingerprint density at radius 3 is 2.61 bits per heavy atom. The summed E-state index contributed by atoms with van der Waals surface area (Å²) < 4.78 is 5.30. The van der Waals surface area contributed by atoms with Crippen molar-refractivity contribution in [1.29, 1.82) is 0 Å². The lowest BCUT2D eigenvalue weighted by atomic mass is 10.1. The van der Waals surface area contributed by atoms with Crippen LogP contribution in [0.25, 0.3) is 0 Å². The van der Waals surface area contributed by atoms with Crippen molar-refractivity contribution in [3.8, 4) is 0 Å². The molecular formula is C14H15ClN2O. The molecule has 0 bridgehead atoms. The van der Waals surface area contributed by atoms with Crippen molar-refractivity contribution in [1.82, 2.24) is 10.1 Å². The van der Waals surface area contributed by atoms with E-state index in [1.54, 1.807) is 0 Å². The molecule has 1 unspecified atom stereocenters. The molecule has 0 radical (unpaired) electrons. The summed E-state index contributed by atoms with van der Waals surface area (Å²) in [6.45, 7) is 0. The highest BCUT2D eigenvalue weighted by molar-refractivity contribution is 6.22. The van der Waals surface area contributed by atoms with Gasteiger partial charge in [0.25, 0.3) is 0 Å². The summed E-state index contributed by atoms with van der Waals surface area (Å²) in [6, 6.07) is 9.82. The third-order valence-corrected chi connectivity index (χ3v) is 3.93. The highest BCUT2D eigenvalue weighted by Gasteiger charge is 2.25. The van der Waals surface area contributed by atoms with Crippen LogP contribution in [0, 0.1) is 0 Å². The van der Waals surface area contributed by atoms with E-state index in [1.165, 1.54) is 12.8 Å². The van der Waals surface area contributed by atoms with Gasteiger partial charge in [-0.3, -0.25) is 0 Å². The van der Waals surface area contributed by atoms with Crippen LogP contribution in [0.1, 0.15) is 54.3 Å². The van der Waals surface area contributed by atoms with E-state index in [0.717, 1.165) is 24.2 Å². The number of alkyl halides is 1. The highest BCUT2D eigenvalue weighted by atomic mass is 35.5. The lowest BCUT2D eigenvalue weighted by molar-refractivity contribution is 0.373. The Balaban J connectivity index is 1.80. The third-order valence-electron chi connectivity index (χ3n) is 3.49. The molecule has 0 spiro atoms. The zero-order chi connectivity index (χ0) is 12.4.